The third kappa shape index (κ3) is 3.89. The molecule has 0 aromatic carbocycles. The highest BCUT2D eigenvalue weighted by Gasteiger charge is 2.26. The molecule has 6 nitrogen and oxygen atoms in total. The number of sulfonamides is 1. The summed E-state index contributed by atoms with van der Waals surface area (Å²) in [4.78, 5) is 3.27. The van der Waals surface area contributed by atoms with Gasteiger partial charge in [-0.1, -0.05) is 0 Å². The van der Waals surface area contributed by atoms with Crippen molar-refractivity contribution in [1.82, 2.24) is 14.2 Å². The quantitative estimate of drug-likeness (QED) is 0.843. The average Bonchev–Trinajstić information content (AvgIpc) is 3.18. The Hall–Kier alpha value is -1.19. The molecule has 132 valence electrons. The number of nitrogens with zero attached hydrogens (tertiary/aromatic N) is 2. The second kappa shape index (κ2) is 7.37. The Bertz CT molecular complexity index is 776. The van der Waals surface area contributed by atoms with Crippen molar-refractivity contribution in [3.8, 4) is 0 Å². The van der Waals surface area contributed by atoms with Gasteiger partial charge in [0.2, 0.25) is 10.0 Å². The highest BCUT2D eigenvalue weighted by molar-refractivity contribution is 7.91. The first kappa shape index (κ1) is 17.6. The van der Waals surface area contributed by atoms with Gasteiger partial charge in [-0.05, 0) is 31.2 Å². The zero-order valence-corrected chi connectivity index (χ0v) is 15.6. The summed E-state index contributed by atoms with van der Waals surface area (Å²) in [5, 5.41) is 0. The first-order valence-corrected chi connectivity index (χ1v) is 10.3. The van der Waals surface area contributed by atoms with Gasteiger partial charge in [0.05, 0.1) is 19.3 Å². The van der Waals surface area contributed by atoms with E-state index in [9.17, 15) is 8.42 Å². The van der Waals surface area contributed by atoms with Crippen molar-refractivity contribution in [2.75, 3.05) is 32.8 Å². The smallest absolute Gasteiger partial charge is 0.250 e. The molecule has 0 spiro atoms. The Morgan fingerprint density at radius 2 is 2.04 bits per heavy atom. The van der Waals surface area contributed by atoms with Crippen LogP contribution in [-0.2, 0) is 21.8 Å². The Labute approximate surface area is 147 Å². The molecule has 0 aliphatic carbocycles. The molecule has 0 unspecified atom stereocenters. The lowest BCUT2D eigenvalue weighted by Crippen LogP contribution is -2.44. The van der Waals surface area contributed by atoms with E-state index in [1.165, 1.54) is 11.3 Å². The van der Waals surface area contributed by atoms with Crippen molar-refractivity contribution in [1.29, 1.82) is 0 Å². The number of ether oxygens (including phenoxy) is 1. The second-order valence-corrected chi connectivity index (χ2v) is 9.21. The molecule has 1 fully saturated rings. The minimum atomic E-state index is -3.48. The van der Waals surface area contributed by atoms with Crippen molar-refractivity contribution >= 4 is 21.4 Å². The van der Waals surface area contributed by atoms with E-state index in [-0.39, 0.29) is 6.04 Å². The molecular formula is C16H23N3O3S2. The molecule has 0 saturated carbocycles. The fourth-order valence-corrected chi connectivity index (χ4v) is 5.31. The van der Waals surface area contributed by atoms with Crippen molar-refractivity contribution in [3.63, 3.8) is 0 Å². The lowest BCUT2D eigenvalue weighted by molar-refractivity contribution is 0.0158. The number of nitrogens with one attached hydrogen (secondary N) is 1. The van der Waals surface area contributed by atoms with Gasteiger partial charge in [0, 0.05) is 43.4 Å². The summed E-state index contributed by atoms with van der Waals surface area (Å²) in [6.45, 7) is 5.21. The molecule has 1 atom stereocenters. The molecule has 2 aromatic heterocycles. The second-order valence-electron chi connectivity index (χ2n) is 5.93. The molecule has 3 rings (SSSR count). The summed E-state index contributed by atoms with van der Waals surface area (Å²) in [6, 6.07) is 7.51. The van der Waals surface area contributed by atoms with E-state index in [1.54, 1.807) is 6.07 Å². The summed E-state index contributed by atoms with van der Waals surface area (Å²) in [6.07, 6.45) is 1.99. The summed E-state index contributed by atoms with van der Waals surface area (Å²) in [5.74, 6) is 0. The summed E-state index contributed by atoms with van der Waals surface area (Å²) in [7, 11) is -1.49. The number of hydrogen-bond donors (Lipinski definition) is 1. The Balaban J connectivity index is 1.78. The largest absolute Gasteiger partial charge is 0.379 e. The predicted molar refractivity (Wildman–Crippen MR) is 94.8 cm³/mol. The SMILES string of the molecule is Cc1ccc(S(=O)(=O)NC[C@H](c2cccn2C)N2CCOCC2)s1. The van der Waals surface area contributed by atoms with Gasteiger partial charge in [-0.3, -0.25) is 4.90 Å². The van der Waals surface area contributed by atoms with Crippen LogP contribution >= 0.6 is 11.3 Å². The van der Waals surface area contributed by atoms with Crippen LogP contribution in [0, 0.1) is 6.92 Å². The first-order valence-electron chi connectivity index (χ1n) is 7.96. The fourth-order valence-electron chi connectivity index (χ4n) is 2.95. The standard InChI is InChI=1S/C16H23N3O3S2/c1-13-5-6-16(23-13)24(20,21)17-12-15(14-4-3-7-18(14)2)19-8-10-22-11-9-19/h3-7,15,17H,8-12H2,1-2H3/t15-/m1/s1. The zero-order chi connectivity index (χ0) is 17.2. The summed E-state index contributed by atoms with van der Waals surface area (Å²) in [5.41, 5.74) is 1.10. The summed E-state index contributed by atoms with van der Waals surface area (Å²) < 4.78 is 35.7. The molecule has 1 aliphatic heterocycles. The highest BCUT2D eigenvalue weighted by atomic mass is 32.2. The van der Waals surface area contributed by atoms with E-state index in [2.05, 4.69) is 9.62 Å². The highest BCUT2D eigenvalue weighted by Crippen LogP contribution is 2.24. The van der Waals surface area contributed by atoms with Gasteiger partial charge < -0.3 is 9.30 Å². The lowest BCUT2D eigenvalue weighted by atomic mass is 10.1. The molecule has 1 N–H and O–H groups in total. The van der Waals surface area contributed by atoms with E-state index in [4.69, 9.17) is 4.74 Å². The van der Waals surface area contributed by atoms with Gasteiger partial charge in [0.1, 0.15) is 4.21 Å². The van der Waals surface area contributed by atoms with Crippen LogP contribution in [-0.4, -0.2) is 50.7 Å². The van der Waals surface area contributed by atoms with Crippen molar-refractivity contribution in [3.05, 3.63) is 41.0 Å². The van der Waals surface area contributed by atoms with Crippen LogP contribution in [0.5, 0.6) is 0 Å². The van der Waals surface area contributed by atoms with Crippen molar-refractivity contribution < 1.29 is 13.2 Å². The van der Waals surface area contributed by atoms with Gasteiger partial charge in [-0.2, -0.15) is 0 Å². The Kier molecular flexibility index (Phi) is 5.41. The normalized spacial score (nSPS) is 17.9. The Morgan fingerprint density at radius 1 is 1.29 bits per heavy atom. The van der Waals surface area contributed by atoms with Crippen LogP contribution in [0.25, 0.3) is 0 Å². The van der Waals surface area contributed by atoms with Crippen molar-refractivity contribution in [2.24, 2.45) is 7.05 Å². The predicted octanol–water partition coefficient (Wildman–Crippen LogP) is 1.75. The molecule has 0 bridgehead atoms. The van der Waals surface area contributed by atoms with Gasteiger partial charge in [0.25, 0.3) is 0 Å². The maximum atomic E-state index is 12.5. The van der Waals surface area contributed by atoms with Crippen LogP contribution in [0.3, 0.4) is 0 Å². The van der Waals surface area contributed by atoms with Crippen LogP contribution in [0.1, 0.15) is 16.6 Å². The zero-order valence-electron chi connectivity index (χ0n) is 13.9. The fraction of sp³-hybridized carbons (Fsp3) is 0.500. The number of hydrogen-bond acceptors (Lipinski definition) is 5. The minimum Gasteiger partial charge on any atom is -0.379 e. The molecule has 24 heavy (non-hydrogen) atoms. The average molecular weight is 370 g/mol. The Morgan fingerprint density at radius 3 is 2.62 bits per heavy atom. The number of rotatable bonds is 6. The monoisotopic (exact) mass is 369 g/mol. The molecule has 3 heterocycles. The molecule has 8 heteroatoms. The van der Waals surface area contributed by atoms with E-state index in [0.29, 0.717) is 24.0 Å². The topological polar surface area (TPSA) is 63.6 Å². The lowest BCUT2D eigenvalue weighted by Gasteiger charge is -2.34. The van der Waals surface area contributed by atoms with Crippen LogP contribution < -0.4 is 4.72 Å². The van der Waals surface area contributed by atoms with E-state index in [0.717, 1.165) is 23.7 Å². The van der Waals surface area contributed by atoms with E-state index in [1.807, 2.05) is 42.9 Å². The van der Waals surface area contributed by atoms with Crippen LogP contribution in [0.15, 0.2) is 34.7 Å². The molecule has 1 saturated heterocycles. The number of aromatic nitrogens is 1. The molecular weight excluding hydrogens is 346 g/mol. The van der Waals surface area contributed by atoms with Gasteiger partial charge >= 0.3 is 0 Å². The number of thiophene rings is 1. The van der Waals surface area contributed by atoms with Gasteiger partial charge in [-0.25, -0.2) is 13.1 Å². The number of morpholine rings is 1. The van der Waals surface area contributed by atoms with Gasteiger partial charge in [0.15, 0.2) is 0 Å². The van der Waals surface area contributed by atoms with E-state index >= 15 is 0 Å². The molecule has 2 aromatic rings. The third-order valence-corrected chi connectivity index (χ3v) is 7.18. The first-order chi connectivity index (χ1) is 11.5. The minimum absolute atomic E-state index is 0.00951. The van der Waals surface area contributed by atoms with Crippen LogP contribution in [0.2, 0.25) is 0 Å². The van der Waals surface area contributed by atoms with Gasteiger partial charge in [-0.15, -0.1) is 11.3 Å². The maximum absolute atomic E-state index is 12.5. The van der Waals surface area contributed by atoms with Crippen molar-refractivity contribution in [2.45, 2.75) is 17.2 Å². The number of aryl methyl sites for hydroxylation is 2. The van der Waals surface area contributed by atoms with E-state index < -0.39 is 10.0 Å². The molecule has 1 aliphatic rings. The summed E-state index contributed by atoms with van der Waals surface area (Å²) >= 11 is 1.29. The third-order valence-electron chi connectivity index (χ3n) is 4.26. The van der Waals surface area contributed by atoms with Crippen LogP contribution in [0.4, 0.5) is 0 Å². The molecule has 0 radical (unpaired) electrons. The molecule has 0 amide bonds. The maximum Gasteiger partial charge on any atom is 0.250 e.